The number of hydrogen-bond acceptors (Lipinski definition) is 4. The summed E-state index contributed by atoms with van der Waals surface area (Å²) in [6.45, 7) is -2.92. The van der Waals surface area contributed by atoms with Crippen LogP contribution in [0.3, 0.4) is 0 Å². The Balaban J connectivity index is 1.86. The van der Waals surface area contributed by atoms with Gasteiger partial charge in [0, 0.05) is 17.7 Å². The first kappa shape index (κ1) is 19.9. The molecule has 0 saturated carbocycles. The van der Waals surface area contributed by atoms with Gasteiger partial charge >= 0.3 is 6.61 Å². The Hall–Kier alpha value is -3.81. The molecule has 0 aliphatic rings. The van der Waals surface area contributed by atoms with Crippen LogP contribution in [0.4, 0.5) is 14.5 Å². The van der Waals surface area contributed by atoms with Crippen molar-refractivity contribution in [2.24, 2.45) is 0 Å². The Morgan fingerprint density at radius 3 is 2.03 bits per heavy atom. The lowest BCUT2D eigenvalue weighted by molar-refractivity contribution is -0.384. The lowest BCUT2D eigenvalue weighted by Crippen LogP contribution is -2.29. The number of hydrogen-bond donors (Lipinski definition) is 1. The van der Waals surface area contributed by atoms with Crippen molar-refractivity contribution < 1.29 is 23.2 Å². The SMILES string of the molecule is O=C(N[C@H](c1ccccc1)c1ccc(OC(F)F)cc1)c1ccc([N+](=O)[O-])cc1. The van der Waals surface area contributed by atoms with Gasteiger partial charge in [-0.2, -0.15) is 8.78 Å². The highest BCUT2D eigenvalue weighted by Gasteiger charge is 2.19. The van der Waals surface area contributed by atoms with Gasteiger partial charge in [0.2, 0.25) is 0 Å². The number of halogens is 2. The number of nitrogens with one attached hydrogen (secondary N) is 1. The van der Waals surface area contributed by atoms with Crippen molar-refractivity contribution in [2.75, 3.05) is 0 Å². The molecule has 6 nitrogen and oxygen atoms in total. The zero-order valence-electron chi connectivity index (χ0n) is 15.0. The number of carbonyl (C=O) groups excluding carboxylic acids is 1. The van der Waals surface area contributed by atoms with Gasteiger partial charge in [-0.1, -0.05) is 42.5 Å². The lowest BCUT2D eigenvalue weighted by atomic mass is 9.98. The molecule has 0 aromatic heterocycles. The van der Waals surface area contributed by atoms with Crippen LogP contribution in [0.15, 0.2) is 78.9 Å². The topological polar surface area (TPSA) is 81.5 Å². The van der Waals surface area contributed by atoms with Gasteiger partial charge in [0.15, 0.2) is 0 Å². The number of nitro benzene ring substituents is 1. The standard InChI is InChI=1S/C21H16F2N2O4/c22-21(23)29-18-12-8-15(9-13-18)19(14-4-2-1-3-5-14)24-20(26)16-6-10-17(11-7-16)25(27)28/h1-13,19,21H,(H,24,26)/t19-/m1/s1. The number of carbonyl (C=O) groups is 1. The molecule has 1 atom stereocenters. The van der Waals surface area contributed by atoms with Gasteiger partial charge in [-0.15, -0.1) is 0 Å². The summed E-state index contributed by atoms with van der Waals surface area (Å²) in [5.74, 6) is -0.418. The summed E-state index contributed by atoms with van der Waals surface area (Å²) in [4.78, 5) is 22.9. The summed E-state index contributed by atoms with van der Waals surface area (Å²) in [5.41, 5.74) is 1.59. The van der Waals surface area contributed by atoms with Crippen molar-refractivity contribution in [2.45, 2.75) is 12.7 Å². The van der Waals surface area contributed by atoms with Gasteiger partial charge in [-0.05, 0) is 35.4 Å². The predicted octanol–water partition coefficient (Wildman–Crippen LogP) is 4.72. The normalized spacial score (nSPS) is 11.7. The zero-order chi connectivity index (χ0) is 20.8. The molecule has 0 bridgehead atoms. The van der Waals surface area contributed by atoms with Crippen LogP contribution in [0.25, 0.3) is 0 Å². The summed E-state index contributed by atoms with van der Waals surface area (Å²) in [6.07, 6.45) is 0. The van der Waals surface area contributed by atoms with E-state index in [1.807, 2.05) is 30.3 Å². The zero-order valence-corrected chi connectivity index (χ0v) is 15.0. The van der Waals surface area contributed by atoms with E-state index in [4.69, 9.17) is 0 Å². The molecule has 0 aliphatic carbocycles. The van der Waals surface area contributed by atoms with Crippen LogP contribution in [0.1, 0.15) is 27.5 Å². The summed E-state index contributed by atoms with van der Waals surface area (Å²) in [7, 11) is 0. The molecule has 3 aromatic rings. The molecule has 8 heteroatoms. The quantitative estimate of drug-likeness (QED) is 0.461. The second-order valence-electron chi connectivity index (χ2n) is 6.07. The molecule has 29 heavy (non-hydrogen) atoms. The fourth-order valence-electron chi connectivity index (χ4n) is 2.80. The molecule has 0 unspecified atom stereocenters. The fourth-order valence-corrected chi connectivity index (χ4v) is 2.80. The van der Waals surface area contributed by atoms with E-state index in [0.29, 0.717) is 5.56 Å². The maximum atomic E-state index is 12.7. The Morgan fingerprint density at radius 2 is 1.48 bits per heavy atom. The first-order valence-corrected chi connectivity index (χ1v) is 8.59. The van der Waals surface area contributed by atoms with Gasteiger partial charge in [0.25, 0.3) is 11.6 Å². The van der Waals surface area contributed by atoms with E-state index in [0.717, 1.165) is 5.56 Å². The summed E-state index contributed by atoms with van der Waals surface area (Å²) in [5, 5.41) is 13.6. The van der Waals surface area contributed by atoms with Crippen LogP contribution in [0.5, 0.6) is 5.75 Å². The highest BCUT2D eigenvalue weighted by atomic mass is 19.3. The molecule has 0 radical (unpaired) electrons. The van der Waals surface area contributed by atoms with Crippen LogP contribution < -0.4 is 10.1 Å². The third-order valence-electron chi connectivity index (χ3n) is 4.19. The van der Waals surface area contributed by atoms with Gasteiger partial charge in [-0.3, -0.25) is 14.9 Å². The van der Waals surface area contributed by atoms with Crippen LogP contribution in [-0.2, 0) is 0 Å². The van der Waals surface area contributed by atoms with E-state index >= 15 is 0 Å². The highest BCUT2D eigenvalue weighted by molar-refractivity contribution is 5.94. The van der Waals surface area contributed by atoms with Crippen LogP contribution in [-0.4, -0.2) is 17.4 Å². The number of nitro groups is 1. The first-order chi connectivity index (χ1) is 13.9. The Labute approximate surface area is 164 Å². The highest BCUT2D eigenvalue weighted by Crippen LogP contribution is 2.25. The van der Waals surface area contributed by atoms with Gasteiger partial charge < -0.3 is 10.1 Å². The lowest BCUT2D eigenvalue weighted by Gasteiger charge is -2.20. The molecule has 1 N–H and O–H groups in total. The van der Waals surface area contributed by atoms with Gasteiger partial charge in [0.05, 0.1) is 11.0 Å². The smallest absolute Gasteiger partial charge is 0.387 e. The minimum Gasteiger partial charge on any atom is -0.435 e. The van der Waals surface area contributed by atoms with Crippen molar-refractivity contribution >= 4 is 11.6 Å². The monoisotopic (exact) mass is 398 g/mol. The van der Waals surface area contributed by atoms with Crippen molar-refractivity contribution in [3.8, 4) is 5.75 Å². The molecule has 0 saturated heterocycles. The summed E-state index contributed by atoms with van der Waals surface area (Å²) < 4.78 is 29.1. The molecule has 0 heterocycles. The Kier molecular flexibility index (Phi) is 6.13. The van der Waals surface area contributed by atoms with Crippen molar-refractivity contribution in [1.29, 1.82) is 0 Å². The molecular weight excluding hydrogens is 382 g/mol. The van der Waals surface area contributed by atoms with Gasteiger partial charge in [-0.25, -0.2) is 0 Å². The van der Waals surface area contributed by atoms with Crippen molar-refractivity contribution in [3.63, 3.8) is 0 Å². The fraction of sp³-hybridized carbons (Fsp3) is 0.0952. The van der Waals surface area contributed by atoms with Crippen LogP contribution in [0.2, 0.25) is 0 Å². The molecule has 148 valence electrons. The molecule has 0 aliphatic heterocycles. The number of ether oxygens (including phenoxy) is 1. The van der Waals surface area contributed by atoms with Crippen molar-refractivity contribution in [3.05, 3.63) is 106 Å². The molecule has 1 amide bonds. The summed E-state index contributed by atoms with van der Waals surface area (Å²) in [6, 6.07) is 19.8. The maximum Gasteiger partial charge on any atom is 0.387 e. The van der Waals surface area contributed by atoms with Crippen molar-refractivity contribution in [1.82, 2.24) is 5.32 Å². The van der Waals surface area contributed by atoms with Crippen LogP contribution >= 0.6 is 0 Å². The number of amides is 1. The van der Waals surface area contributed by atoms with E-state index in [9.17, 15) is 23.7 Å². The number of non-ortho nitro benzene ring substituents is 1. The average molecular weight is 398 g/mol. The number of benzene rings is 3. The van der Waals surface area contributed by atoms with E-state index in [2.05, 4.69) is 10.1 Å². The third-order valence-corrected chi connectivity index (χ3v) is 4.19. The van der Waals surface area contributed by atoms with Crippen LogP contribution in [0, 0.1) is 10.1 Å². The molecule has 0 fully saturated rings. The minimum absolute atomic E-state index is 0.0113. The Bertz CT molecular complexity index is 978. The summed E-state index contributed by atoms with van der Waals surface area (Å²) >= 11 is 0. The van der Waals surface area contributed by atoms with E-state index in [-0.39, 0.29) is 17.0 Å². The second kappa shape index (κ2) is 8.92. The van der Waals surface area contributed by atoms with E-state index in [1.165, 1.54) is 36.4 Å². The average Bonchev–Trinajstić information content (AvgIpc) is 2.73. The minimum atomic E-state index is -2.92. The molecule has 0 spiro atoms. The van der Waals surface area contributed by atoms with E-state index < -0.39 is 23.5 Å². The molecule has 3 rings (SSSR count). The predicted molar refractivity (Wildman–Crippen MR) is 102 cm³/mol. The van der Waals surface area contributed by atoms with E-state index in [1.54, 1.807) is 12.1 Å². The Morgan fingerprint density at radius 1 is 0.897 bits per heavy atom. The number of nitrogens with zero attached hydrogens (tertiary/aromatic N) is 1. The van der Waals surface area contributed by atoms with Gasteiger partial charge in [0.1, 0.15) is 5.75 Å². The molecular formula is C21H16F2N2O4. The maximum absolute atomic E-state index is 12.7. The number of rotatable bonds is 7. The second-order valence-corrected chi connectivity index (χ2v) is 6.07. The number of alkyl halides is 2. The first-order valence-electron chi connectivity index (χ1n) is 8.59. The third kappa shape index (κ3) is 5.13. The molecule has 3 aromatic carbocycles. The largest absolute Gasteiger partial charge is 0.435 e.